The van der Waals surface area contributed by atoms with Crippen LogP contribution in [0.5, 0.6) is 0 Å². The average molecular weight is 331 g/mol. The van der Waals surface area contributed by atoms with E-state index in [0.29, 0.717) is 17.3 Å². The van der Waals surface area contributed by atoms with Gasteiger partial charge >= 0.3 is 0 Å². The maximum Gasteiger partial charge on any atom is 0.263 e. The lowest BCUT2D eigenvalue weighted by Gasteiger charge is -2.10. The monoisotopic (exact) mass is 330 g/mol. The van der Waals surface area contributed by atoms with Gasteiger partial charge in [0.2, 0.25) is 0 Å². The number of nitrogens with one attached hydrogen (secondary N) is 2. The van der Waals surface area contributed by atoms with Gasteiger partial charge < -0.3 is 5.32 Å². The summed E-state index contributed by atoms with van der Waals surface area (Å²) in [7, 11) is -1.84. The van der Waals surface area contributed by atoms with E-state index in [1.807, 2.05) is 13.0 Å². The highest BCUT2D eigenvalue weighted by Crippen LogP contribution is 2.28. The summed E-state index contributed by atoms with van der Waals surface area (Å²) in [5.41, 5.74) is 1.36. The second-order valence-electron chi connectivity index (χ2n) is 4.33. The SMILES string of the molecule is CNCc1sccc1S(=O)(=O)Nc1ccc(C)cc1Cl. The molecule has 20 heavy (non-hydrogen) atoms. The second kappa shape index (κ2) is 6.13. The number of sulfonamides is 1. The largest absolute Gasteiger partial charge is 0.315 e. The Morgan fingerprint density at radius 1 is 1.30 bits per heavy atom. The first-order valence-electron chi connectivity index (χ1n) is 5.94. The van der Waals surface area contributed by atoms with Crippen molar-refractivity contribution in [2.24, 2.45) is 0 Å². The summed E-state index contributed by atoms with van der Waals surface area (Å²) in [5, 5.41) is 5.11. The number of benzene rings is 1. The van der Waals surface area contributed by atoms with E-state index in [9.17, 15) is 8.42 Å². The number of hydrogen-bond acceptors (Lipinski definition) is 4. The smallest absolute Gasteiger partial charge is 0.263 e. The van der Waals surface area contributed by atoms with Crippen molar-refractivity contribution in [2.75, 3.05) is 11.8 Å². The summed E-state index contributed by atoms with van der Waals surface area (Å²) < 4.78 is 27.3. The standard InChI is InChI=1S/C13H15ClN2O2S2/c1-9-3-4-11(10(14)7-9)16-20(17,18)13-5-6-19-12(13)8-15-2/h3-7,15-16H,8H2,1-2H3. The van der Waals surface area contributed by atoms with Crippen molar-refractivity contribution in [2.45, 2.75) is 18.4 Å². The zero-order valence-electron chi connectivity index (χ0n) is 11.1. The molecule has 0 unspecified atom stereocenters. The highest BCUT2D eigenvalue weighted by atomic mass is 35.5. The van der Waals surface area contributed by atoms with Gasteiger partial charge in [-0.25, -0.2) is 8.42 Å². The van der Waals surface area contributed by atoms with E-state index >= 15 is 0 Å². The van der Waals surface area contributed by atoms with Gasteiger partial charge in [0.25, 0.3) is 10.0 Å². The van der Waals surface area contributed by atoms with Crippen molar-refractivity contribution in [1.82, 2.24) is 5.32 Å². The molecular formula is C13H15ClN2O2S2. The zero-order valence-corrected chi connectivity index (χ0v) is 13.5. The first-order valence-corrected chi connectivity index (χ1v) is 8.68. The fraction of sp³-hybridized carbons (Fsp3) is 0.231. The van der Waals surface area contributed by atoms with E-state index < -0.39 is 10.0 Å². The normalized spacial score (nSPS) is 11.6. The maximum atomic E-state index is 12.4. The van der Waals surface area contributed by atoms with Gasteiger partial charge in [-0.15, -0.1) is 11.3 Å². The number of aryl methyl sites for hydroxylation is 1. The molecule has 1 heterocycles. The van der Waals surface area contributed by atoms with Crippen LogP contribution in [-0.4, -0.2) is 15.5 Å². The van der Waals surface area contributed by atoms with E-state index in [1.54, 1.807) is 30.6 Å². The van der Waals surface area contributed by atoms with Crippen LogP contribution in [-0.2, 0) is 16.6 Å². The highest BCUT2D eigenvalue weighted by molar-refractivity contribution is 7.93. The molecular weight excluding hydrogens is 316 g/mol. The molecule has 0 atom stereocenters. The van der Waals surface area contributed by atoms with Crippen LogP contribution in [0.15, 0.2) is 34.5 Å². The molecule has 0 aliphatic rings. The van der Waals surface area contributed by atoms with E-state index in [1.165, 1.54) is 11.3 Å². The molecule has 2 aromatic rings. The lowest BCUT2D eigenvalue weighted by molar-refractivity contribution is 0.600. The predicted octanol–water partition coefficient (Wildman–Crippen LogP) is 3.23. The van der Waals surface area contributed by atoms with Crippen molar-refractivity contribution in [1.29, 1.82) is 0 Å². The van der Waals surface area contributed by atoms with Gasteiger partial charge in [0, 0.05) is 11.4 Å². The van der Waals surface area contributed by atoms with Gasteiger partial charge in [-0.3, -0.25) is 4.72 Å². The third-order valence-electron chi connectivity index (χ3n) is 2.70. The highest BCUT2D eigenvalue weighted by Gasteiger charge is 2.20. The summed E-state index contributed by atoms with van der Waals surface area (Å²) >= 11 is 7.46. The number of rotatable bonds is 5. The van der Waals surface area contributed by atoms with Gasteiger partial charge in [0.1, 0.15) is 4.90 Å². The van der Waals surface area contributed by atoms with Crippen LogP contribution in [0.4, 0.5) is 5.69 Å². The Kier molecular flexibility index (Phi) is 4.70. The van der Waals surface area contributed by atoms with Gasteiger partial charge in [-0.05, 0) is 43.1 Å². The Morgan fingerprint density at radius 2 is 2.05 bits per heavy atom. The summed E-state index contributed by atoms with van der Waals surface area (Å²) in [6.45, 7) is 2.41. The van der Waals surface area contributed by atoms with E-state index in [4.69, 9.17) is 11.6 Å². The Morgan fingerprint density at radius 3 is 2.70 bits per heavy atom. The number of hydrogen-bond donors (Lipinski definition) is 2. The first-order chi connectivity index (χ1) is 9.44. The molecule has 0 saturated heterocycles. The molecule has 0 aliphatic heterocycles. The van der Waals surface area contributed by atoms with Crippen molar-refractivity contribution in [3.05, 3.63) is 45.1 Å². The average Bonchev–Trinajstić information content (AvgIpc) is 2.82. The molecule has 108 valence electrons. The second-order valence-corrected chi connectivity index (χ2v) is 7.39. The molecule has 4 nitrogen and oxygen atoms in total. The van der Waals surface area contributed by atoms with E-state index in [0.717, 1.165) is 10.4 Å². The third-order valence-corrected chi connectivity index (χ3v) is 5.51. The molecule has 0 aliphatic carbocycles. The Bertz CT molecular complexity index is 711. The van der Waals surface area contributed by atoms with Gasteiger partial charge in [0.15, 0.2) is 0 Å². The summed E-state index contributed by atoms with van der Waals surface area (Å²) in [6.07, 6.45) is 0. The Labute approximate surface area is 127 Å². The van der Waals surface area contributed by atoms with Crippen LogP contribution in [0, 0.1) is 6.92 Å². The fourth-order valence-electron chi connectivity index (χ4n) is 1.76. The van der Waals surface area contributed by atoms with Gasteiger partial charge in [-0.2, -0.15) is 0 Å². The first kappa shape index (κ1) is 15.3. The van der Waals surface area contributed by atoms with Crippen molar-refractivity contribution in [3.63, 3.8) is 0 Å². The minimum Gasteiger partial charge on any atom is -0.315 e. The molecule has 0 radical (unpaired) electrons. The Hall–Kier alpha value is -1.08. The molecule has 0 amide bonds. The number of thiophene rings is 1. The van der Waals surface area contributed by atoms with E-state index in [2.05, 4.69) is 10.0 Å². The van der Waals surface area contributed by atoms with Crippen LogP contribution in [0.2, 0.25) is 5.02 Å². The predicted molar refractivity (Wildman–Crippen MR) is 84.1 cm³/mol. The van der Waals surface area contributed by atoms with E-state index in [-0.39, 0.29) is 4.90 Å². The van der Waals surface area contributed by atoms with Gasteiger partial charge in [-0.1, -0.05) is 17.7 Å². The lowest BCUT2D eigenvalue weighted by atomic mass is 10.2. The van der Waals surface area contributed by atoms with Crippen LogP contribution < -0.4 is 10.0 Å². The van der Waals surface area contributed by atoms with Crippen LogP contribution in [0.25, 0.3) is 0 Å². The minimum absolute atomic E-state index is 0.286. The van der Waals surface area contributed by atoms with Crippen molar-refractivity contribution < 1.29 is 8.42 Å². The Balaban J connectivity index is 2.33. The van der Waals surface area contributed by atoms with Gasteiger partial charge in [0.05, 0.1) is 10.7 Å². The molecule has 1 aromatic carbocycles. The molecule has 2 rings (SSSR count). The summed E-state index contributed by atoms with van der Waals surface area (Å²) in [4.78, 5) is 1.05. The fourth-order valence-corrected chi connectivity index (χ4v) is 4.64. The topological polar surface area (TPSA) is 58.2 Å². The minimum atomic E-state index is -3.62. The van der Waals surface area contributed by atoms with Crippen LogP contribution in [0.3, 0.4) is 0 Å². The maximum absolute atomic E-state index is 12.4. The number of anilines is 1. The summed E-state index contributed by atoms with van der Waals surface area (Å²) in [5.74, 6) is 0. The molecule has 0 spiro atoms. The molecule has 1 aromatic heterocycles. The molecule has 2 N–H and O–H groups in total. The molecule has 0 fully saturated rings. The van der Waals surface area contributed by atoms with Crippen molar-refractivity contribution in [3.8, 4) is 0 Å². The molecule has 0 saturated carbocycles. The zero-order chi connectivity index (χ0) is 14.8. The lowest BCUT2D eigenvalue weighted by Crippen LogP contribution is -2.16. The van der Waals surface area contributed by atoms with Crippen LogP contribution in [0.1, 0.15) is 10.4 Å². The number of halogens is 1. The van der Waals surface area contributed by atoms with Crippen molar-refractivity contribution >= 4 is 38.6 Å². The van der Waals surface area contributed by atoms with Crippen LogP contribution >= 0.6 is 22.9 Å². The third kappa shape index (κ3) is 3.32. The molecule has 7 heteroatoms. The molecule has 0 bridgehead atoms. The quantitative estimate of drug-likeness (QED) is 0.885. The summed E-state index contributed by atoms with van der Waals surface area (Å²) in [6, 6.07) is 6.80.